The van der Waals surface area contributed by atoms with E-state index in [-0.39, 0.29) is 0 Å². The fraction of sp³-hybridized carbons (Fsp3) is 0.526. The van der Waals surface area contributed by atoms with Crippen LogP contribution in [0.5, 0.6) is 0 Å². The van der Waals surface area contributed by atoms with E-state index in [1.54, 1.807) is 11.3 Å². The fourth-order valence-electron chi connectivity index (χ4n) is 2.51. The molecule has 1 aromatic heterocycles. The van der Waals surface area contributed by atoms with Crippen molar-refractivity contribution in [2.45, 2.75) is 26.7 Å². The van der Waals surface area contributed by atoms with Crippen molar-refractivity contribution in [3.8, 4) is 0 Å². The zero-order valence-corrected chi connectivity index (χ0v) is 20.1. The maximum atomic E-state index is 9.22. The highest BCUT2D eigenvalue weighted by Gasteiger charge is 2.16. The van der Waals surface area contributed by atoms with Crippen LogP contribution in [0, 0.1) is 13.8 Å². The first kappa shape index (κ1) is 27.1. The van der Waals surface area contributed by atoms with Gasteiger partial charge in [-0.1, -0.05) is 0 Å². The van der Waals surface area contributed by atoms with Gasteiger partial charge in [-0.15, -0.1) is 0 Å². The van der Waals surface area contributed by atoms with Crippen LogP contribution in [0.1, 0.15) is 23.4 Å². The average Bonchev–Trinajstić information content (AvgIpc) is 2.99. The molecule has 0 saturated carbocycles. The van der Waals surface area contributed by atoms with E-state index < -0.39 is 10.4 Å². The van der Waals surface area contributed by atoms with Crippen LogP contribution in [0.15, 0.2) is 34.5 Å². The Kier molecular flexibility index (Phi) is 11.7. The number of aryl methyl sites for hydroxylation is 1. The molecule has 0 fully saturated rings. The van der Waals surface area contributed by atoms with Crippen LogP contribution in [0.25, 0.3) is 0 Å². The zero-order chi connectivity index (χ0) is 23.4. The van der Waals surface area contributed by atoms with Gasteiger partial charge in [0, 0.05) is 18.8 Å². The summed E-state index contributed by atoms with van der Waals surface area (Å²) in [5.41, 5.74) is 14.5. The Morgan fingerprint density at radius 2 is 1.61 bits per heavy atom. The molecule has 0 amide bonds. The number of anilines is 1. The quantitative estimate of drug-likeness (QED) is 0.233. The molecule has 0 aliphatic heterocycles. The highest BCUT2D eigenvalue weighted by molar-refractivity contribution is 7.80. The lowest BCUT2D eigenvalue weighted by atomic mass is 10.2. The highest BCUT2D eigenvalue weighted by Crippen LogP contribution is 2.25. The van der Waals surface area contributed by atoms with E-state index in [1.807, 2.05) is 19.2 Å². The molecular formula is C19H32N6O4S2. The van der Waals surface area contributed by atoms with Crippen molar-refractivity contribution in [3.63, 3.8) is 0 Å². The summed E-state index contributed by atoms with van der Waals surface area (Å²) in [5, 5.41) is 9.67. The molecule has 0 aliphatic rings. The summed E-state index contributed by atoms with van der Waals surface area (Å²) in [7, 11) is -1.59. The minimum Gasteiger partial charge on any atom is -0.726 e. The maximum Gasteiger partial charge on any atom is 0.408 e. The molecule has 174 valence electrons. The average molecular weight is 473 g/mol. The molecule has 2 rings (SSSR count). The number of nitrogens with zero attached hydrogens (tertiary/aromatic N) is 4. The van der Waals surface area contributed by atoms with Crippen LogP contribution >= 0.6 is 11.3 Å². The van der Waals surface area contributed by atoms with Crippen LogP contribution in [-0.4, -0.2) is 46.3 Å². The third-order valence-corrected chi connectivity index (χ3v) is 6.03. The lowest BCUT2D eigenvalue weighted by Gasteiger charge is -2.24. The van der Waals surface area contributed by atoms with Crippen molar-refractivity contribution >= 4 is 38.2 Å². The number of nitrogens with two attached hydrogens (primary N) is 2. The summed E-state index contributed by atoms with van der Waals surface area (Å²) >= 11 is 1.66. The van der Waals surface area contributed by atoms with E-state index in [4.69, 9.17) is 11.5 Å². The van der Waals surface area contributed by atoms with Gasteiger partial charge in [0.15, 0.2) is 0 Å². The zero-order valence-electron chi connectivity index (χ0n) is 18.4. The van der Waals surface area contributed by atoms with Crippen molar-refractivity contribution in [2.75, 3.05) is 38.2 Å². The molecule has 0 bridgehead atoms. The second-order valence-corrected chi connectivity index (χ2v) is 8.98. The highest BCUT2D eigenvalue weighted by atomic mass is 32.3. The van der Waals surface area contributed by atoms with Gasteiger partial charge < -0.3 is 20.9 Å². The maximum absolute atomic E-state index is 9.22. The number of azo groups is 1. The molecule has 1 heterocycles. The topological polar surface area (TPSA) is 150 Å². The van der Waals surface area contributed by atoms with Crippen molar-refractivity contribution in [3.05, 3.63) is 34.8 Å². The van der Waals surface area contributed by atoms with Crippen molar-refractivity contribution in [1.29, 1.82) is 0 Å². The molecule has 0 saturated heterocycles. The van der Waals surface area contributed by atoms with Crippen LogP contribution in [0.2, 0.25) is 0 Å². The molecule has 12 heteroatoms. The molecule has 0 atom stereocenters. The summed E-state index contributed by atoms with van der Waals surface area (Å²) in [6.07, 6.45) is 1.94. The predicted molar refractivity (Wildman–Crippen MR) is 122 cm³/mol. The van der Waals surface area contributed by atoms with Crippen LogP contribution < -0.4 is 20.9 Å². The molecule has 31 heavy (non-hydrogen) atoms. The molecule has 0 radical (unpaired) electrons. The Hall–Kier alpha value is -1.96. The largest absolute Gasteiger partial charge is 0.726 e. The first-order valence-electron chi connectivity index (χ1n) is 9.77. The smallest absolute Gasteiger partial charge is 0.408 e. The summed E-state index contributed by atoms with van der Waals surface area (Å²) < 4.78 is 33.1. The van der Waals surface area contributed by atoms with Crippen LogP contribution in [0.3, 0.4) is 0 Å². The van der Waals surface area contributed by atoms with E-state index in [0.717, 1.165) is 43.9 Å². The van der Waals surface area contributed by atoms with E-state index in [9.17, 15) is 13.0 Å². The van der Waals surface area contributed by atoms with Gasteiger partial charge in [-0.3, -0.25) is 4.18 Å². The van der Waals surface area contributed by atoms with Crippen molar-refractivity contribution in [1.82, 2.24) is 0 Å². The summed E-state index contributed by atoms with van der Waals surface area (Å²) in [4.78, 5) is 3.59. The lowest BCUT2D eigenvalue weighted by molar-refractivity contribution is -0.660. The Morgan fingerprint density at radius 3 is 2.00 bits per heavy atom. The first-order valence-corrected chi connectivity index (χ1v) is 11.9. The number of aromatic nitrogens is 1. The molecule has 1 aromatic carbocycles. The molecule has 0 aliphatic carbocycles. The number of benzene rings is 1. The van der Waals surface area contributed by atoms with E-state index >= 15 is 0 Å². The molecule has 0 unspecified atom stereocenters. The SMILES string of the molecule is COS(=O)(=O)[O-].Cc1sc(/N=N/c2ccc(N(CCCN)CCCN)cc2)[n+](C)c1C. The molecule has 2 aromatic rings. The second-order valence-electron chi connectivity index (χ2n) is 6.65. The number of rotatable bonds is 10. The number of thiazole rings is 1. The molecule has 0 spiro atoms. The molecule has 4 N–H and O–H groups in total. The van der Waals surface area contributed by atoms with Gasteiger partial charge in [-0.25, -0.2) is 13.0 Å². The Labute approximate surface area is 188 Å². The summed E-state index contributed by atoms with van der Waals surface area (Å²) in [6, 6.07) is 8.19. The van der Waals surface area contributed by atoms with Gasteiger partial charge >= 0.3 is 5.13 Å². The molecule has 10 nitrogen and oxygen atoms in total. The summed E-state index contributed by atoms with van der Waals surface area (Å²) in [5.74, 6) is 0. The Balaban J connectivity index is 0.000000703. The molecular weight excluding hydrogens is 440 g/mol. The van der Waals surface area contributed by atoms with Gasteiger partial charge in [0.1, 0.15) is 11.4 Å². The fourth-order valence-corrected chi connectivity index (χ4v) is 3.43. The van der Waals surface area contributed by atoms with Gasteiger partial charge in [0.05, 0.1) is 24.1 Å². The first-order chi connectivity index (χ1) is 14.6. The third-order valence-electron chi connectivity index (χ3n) is 4.48. The lowest BCUT2D eigenvalue weighted by Crippen LogP contribution is -2.28. The predicted octanol–water partition coefficient (Wildman–Crippen LogP) is 2.20. The number of hydrogen-bond donors (Lipinski definition) is 2. The minimum absolute atomic E-state index is 0.697. The van der Waals surface area contributed by atoms with Crippen molar-refractivity contribution in [2.24, 2.45) is 28.7 Å². The van der Waals surface area contributed by atoms with Crippen LogP contribution in [-0.2, 0) is 21.6 Å². The summed E-state index contributed by atoms with van der Waals surface area (Å²) in [6.45, 7) is 7.48. The monoisotopic (exact) mass is 472 g/mol. The van der Waals surface area contributed by atoms with E-state index in [1.165, 1.54) is 16.3 Å². The second kappa shape index (κ2) is 13.5. The Bertz CT molecular complexity index is 922. The van der Waals surface area contributed by atoms with Gasteiger partial charge in [0.25, 0.3) is 0 Å². The third kappa shape index (κ3) is 9.80. The normalized spacial score (nSPS) is 11.5. The van der Waals surface area contributed by atoms with Gasteiger partial charge in [-0.05, 0) is 80.5 Å². The van der Waals surface area contributed by atoms with Crippen LogP contribution in [0.4, 0.5) is 16.5 Å². The number of hydrogen-bond acceptors (Lipinski definition) is 10. The van der Waals surface area contributed by atoms with E-state index in [2.05, 4.69) is 49.9 Å². The Morgan fingerprint density at radius 1 is 1.10 bits per heavy atom. The van der Waals surface area contributed by atoms with E-state index in [0.29, 0.717) is 13.1 Å². The van der Waals surface area contributed by atoms with Crippen molar-refractivity contribution < 1.29 is 21.7 Å². The van der Waals surface area contributed by atoms with Gasteiger partial charge in [0.2, 0.25) is 10.4 Å². The standard InChI is InChI=1S/C18H29N6S.CH4O4S/c1-14-15(2)25-18(23(14)3)22-21-16-6-8-17(9-7-16)24(12-4-10-19)13-5-11-20;1-5-6(2,3)4/h6-9H,4-5,10-13,19-20H2,1-3H3;1H3,(H,2,3,4)/q+1;/p-1. The minimum atomic E-state index is -4.41. The van der Waals surface area contributed by atoms with Gasteiger partial charge in [-0.2, -0.15) is 0 Å².